The standard InChI is InChI=1S/C37H57N5O3/c1-8-13-25-45-34-26-31(30-16-14-15-17-32(30)39-34)36(43)38-21-24-41(11-4)23-20-29-19-18-27(6)35(28(29)7)40-37(44)33(10-3)42(12-5)22-9-2/h14-19,26,30,32-33H,8-13,20-25H2,1-7H3,(H,38,43)(H,40,44). The molecule has 0 fully saturated rings. The number of rotatable bonds is 18. The summed E-state index contributed by atoms with van der Waals surface area (Å²) in [5.41, 5.74) is 5.09. The number of unbranched alkanes of at least 4 members (excludes halogenated alkanes) is 1. The average Bonchev–Trinajstić information content (AvgIpc) is 3.04. The number of hydrogen-bond acceptors (Lipinski definition) is 6. The normalized spacial score (nSPS) is 18.0. The number of carbonyl (C=O) groups is 2. The second-order valence-corrected chi connectivity index (χ2v) is 12.1. The molecule has 0 bridgehead atoms. The highest BCUT2D eigenvalue weighted by Gasteiger charge is 2.31. The van der Waals surface area contributed by atoms with E-state index in [-0.39, 0.29) is 29.8 Å². The Labute approximate surface area is 272 Å². The van der Waals surface area contributed by atoms with Crippen LogP contribution in [0.3, 0.4) is 0 Å². The predicted octanol–water partition coefficient (Wildman–Crippen LogP) is 6.00. The van der Waals surface area contributed by atoms with Crippen LogP contribution in [-0.4, -0.2) is 85.5 Å². The number of allylic oxidation sites excluding steroid dienone is 2. The molecule has 0 radical (unpaired) electrons. The van der Waals surface area contributed by atoms with Gasteiger partial charge in [0.1, 0.15) is 0 Å². The number of carbonyl (C=O) groups excluding carboxylic acids is 2. The van der Waals surface area contributed by atoms with Gasteiger partial charge in [0.15, 0.2) is 0 Å². The SMILES string of the molecule is CCCCOC1=NC2C=CC=CC2C(C(=O)NCCN(CC)CCc2ccc(C)c(NC(=O)C(CC)N(CC)CCC)c2C)=C1. The number of anilines is 1. The molecule has 3 rings (SSSR count). The molecule has 2 aliphatic rings. The van der Waals surface area contributed by atoms with Gasteiger partial charge in [-0.2, -0.15) is 0 Å². The quantitative estimate of drug-likeness (QED) is 0.197. The molecule has 45 heavy (non-hydrogen) atoms. The first-order valence-corrected chi connectivity index (χ1v) is 17.2. The van der Waals surface area contributed by atoms with Crippen molar-refractivity contribution < 1.29 is 14.3 Å². The lowest BCUT2D eigenvalue weighted by Gasteiger charge is -2.29. The van der Waals surface area contributed by atoms with Crippen LogP contribution < -0.4 is 10.6 Å². The number of aliphatic imine (C=N–C) groups is 1. The second kappa shape index (κ2) is 18.7. The van der Waals surface area contributed by atoms with Crippen molar-refractivity contribution in [2.24, 2.45) is 10.9 Å². The van der Waals surface area contributed by atoms with E-state index in [1.807, 2.05) is 24.3 Å². The van der Waals surface area contributed by atoms with E-state index in [1.165, 1.54) is 5.56 Å². The van der Waals surface area contributed by atoms with Crippen LogP contribution in [0.15, 0.2) is 53.1 Å². The Morgan fingerprint density at radius 1 is 0.978 bits per heavy atom. The van der Waals surface area contributed by atoms with Crippen molar-refractivity contribution in [2.45, 2.75) is 92.7 Å². The Morgan fingerprint density at radius 3 is 2.44 bits per heavy atom. The summed E-state index contributed by atoms with van der Waals surface area (Å²) in [4.78, 5) is 36.1. The van der Waals surface area contributed by atoms with E-state index in [4.69, 9.17) is 9.73 Å². The third kappa shape index (κ3) is 10.1. The van der Waals surface area contributed by atoms with E-state index >= 15 is 0 Å². The highest BCUT2D eigenvalue weighted by molar-refractivity contribution is 6.03. The second-order valence-electron chi connectivity index (χ2n) is 12.1. The number of amides is 2. The van der Waals surface area contributed by atoms with Crippen molar-refractivity contribution in [1.82, 2.24) is 15.1 Å². The zero-order valence-electron chi connectivity index (χ0n) is 28.8. The summed E-state index contributed by atoms with van der Waals surface area (Å²) in [6, 6.07) is 4.06. The van der Waals surface area contributed by atoms with Crippen molar-refractivity contribution in [1.29, 1.82) is 0 Å². The molecule has 2 N–H and O–H groups in total. The number of likely N-dealkylation sites (N-methyl/N-ethyl adjacent to an activating group) is 2. The number of dihydropyridines is 1. The van der Waals surface area contributed by atoms with E-state index in [2.05, 4.69) is 87.1 Å². The van der Waals surface area contributed by atoms with Crippen molar-refractivity contribution in [3.8, 4) is 0 Å². The van der Waals surface area contributed by atoms with Gasteiger partial charge >= 0.3 is 0 Å². The number of fused-ring (bicyclic) bond motifs is 1. The van der Waals surface area contributed by atoms with Crippen LogP contribution in [0.1, 0.15) is 77.0 Å². The van der Waals surface area contributed by atoms with Gasteiger partial charge in [0, 0.05) is 42.9 Å². The van der Waals surface area contributed by atoms with Gasteiger partial charge in [0.05, 0.1) is 18.7 Å². The van der Waals surface area contributed by atoms with Crippen LogP contribution in [0.5, 0.6) is 0 Å². The first-order chi connectivity index (χ1) is 21.8. The lowest BCUT2D eigenvalue weighted by Crippen LogP contribution is -2.44. The van der Waals surface area contributed by atoms with Gasteiger partial charge in [-0.15, -0.1) is 0 Å². The minimum Gasteiger partial charge on any atom is -0.478 e. The molecule has 0 aromatic heterocycles. The summed E-state index contributed by atoms with van der Waals surface area (Å²) in [5.74, 6) is 0.488. The number of hydrogen-bond donors (Lipinski definition) is 2. The summed E-state index contributed by atoms with van der Waals surface area (Å²) < 4.78 is 5.88. The lowest BCUT2D eigenvalue weighted by molar-refractivity contribution is -0.121. The maximum absolute atomic E-state index is 13.4. The van der Waals surface area contributed by atoms with Gasteiger partial charge < -0.3 is 20.3 Å². The van der Waals surface area contributed by atoms with E-state index in [0.29, 0.717) is 24.6 Å². The molecule has 2 amide bonds. The largest absolute Gasteiger partial charge is 0.478 e. The molecule has 0 saturated heterocycles. The zero-order valence-corrected chi connectivity index (χ0v) is 28.8. The third-order valence-electron chi connectivity index (χ3n) is 8.97. The van der Waals surface area contributed by atoms with Crippen molar-refractivity contribution in [3.63, 3.8) is 0 Å². The summed E-state index contributed by atoms with van der Waals surface area (Å²) >= 11 is 0. The highest BCUT2D eigenvalue weighted by Crippen LogP contribution is 2.29. The van der Waals surface area contributed by atoms with Gasteiger partial charge in [0.2, 0.25) is 17.7 Å². The third-order valence-corrected chi connectivity index (χ3v) is 8.97. The van der Waals surface area contributed by atoms with Gasteiger partial charge in [0.25, 0.3) is 0 Å². The Kier molecular flexibility index (Phi) is 15.0. The number of nitrogens with zero attached hydrogens (tertiary/aromatic N) is 3. The number of benzene rings is 1. The average molecular weight is 620 g/mol. The molecule has 1 aliphatic carbocycles. The molecule has 8 heteroatoms. The predicted molar refractivity (Wildman–Crippen MR) is 187 cm³/mol. The first-order valence-electron chi connectivity index (χ1n) is 17.2. The van der Waals surface area contributed by atoms with E-state index in [9.17, 15) is 9.59 Å². The summed E-state index contributed by atoms with van der Waals surface area (Å²) in [6.45, 7) is 20.3. The molecule has 1 aliphatic heterocycles. The van der Waals surface area contributed by atoms with Gasteiger partial charge in [-0.05, 0) is 75.9 Å². The zero-order chi connectivity index (χ0) is 32.8. The topological polar surface area (TPSA) is 86.3 Å². The minimum atomic E-state index is -0.128. The van der Waals surface area contributed by atoms with Crippen molar-refractivity contribution in [3.05, 3.63) is 64.8 Å². The van der Waals surface area contributed by atoms with Crippen LogP contribution in [0, 0.1) is 19.8 Å². The fourth-order valence-electron chi connectivity index (χ4n) is 6.16. The van der Waals surface area contributed by atoms with E-state index in [1.54, 1.807) is 0 Å². The van der Waals surface area contributed by atoms with Gasteiger partial charge in [-0.25, -0.2) is 4.99 Å². The molecule has 1 heterocycles. The maximum Gasteiger partial charge on any atom is 0.248 e. The molecular weight excluding hydrogens is 562 g/mol. The molecule has 248 valence electrons. The van der Waals surface area contributed by atoms with Crippen LogP contribution in [0.2, 0.25) is 0 Å². The summed E-state index contributed by atoms with van der Waals surface area (Å²) in [7, 11) is 0. The molecule has 0 spiro atoms. The van der Waals surface area contributed by atoms with E-state index < -0.39 is 0 Å². The van der Waals surface area contributed by atoms with E-state index in [0.717, 1.165) is 81.6 Å². The minimum absolute atomic E-state index is 0.0618. The Morgan fingerprint density at radius 2 is 1.76 bits per heavy atom. The molecule has 0 saturated carbocycles. The van der Waals surface area contributed by atoms with Crippen LogP contribution in [-0.2, 0) is 20.7 Å². The van der Waals surface area contributed by atoms with Crippen molar-refractivity contribution in [2.75, 3.05) is 51.2 Å². The fourth-order valence-corrected chi connectivity index (χ4v) is 6.16. The van der Waals surface area contributed by atoms with Crippen LogP contribution >= 0.6 is 0 Å². The summed E-state index contributed by atoms with van der Waals surface area (Å²) in [6.07, 6.45) is 14.5. The Balaban J connectivity index is 1.58. The molecule has 1 aromatic carbocycles. The Bertz CT molecular complexity index is 1250. The summed E-state index contributed by atoms with van der Waals surface area (Å²) in [5, 5.41) is 6.44. The van der Waals surface area contributed by atoms with Crippen molar-refractivity contribution >= 4 is 23.4 Å². The highest BCUT2D eigenvalue weighted by atomic mass is 16.5. The smallest absolute Gasteiger partial charge is 0.248 e. The maximum atomic E-state index is 13.4. The van der Waals surface area contributed by atoms with Gasteiger partial charge in [-0.1, -0.05) is 77.5 Å². The van der Waals surface area contributed by atoms with Gasteiger partial charge in [-0.3, -0.25) is 14.5 Å². The molecular formula is C37H57N5O3. The fraction of sp³-hybridized carbons (Fsp3) is 0.595. The number of ether oxygens (including phenoxy) is 1. The monoisotopic (exact) mass is 619 g/mol. The Hall–Kier alpha value is -3.23. The molecule has 8 nitrogen and oxygen atoms in total. The lowest BCUT2D eigenvalue weighted by atomic mass is 9.85. The number of nitrogens with one attached hydrogen (secondary N) is 2. The van der Waals surface area contributed by atoms with Crippen LogP contribution in [0.4, 0.5) is 5.69 Å². The molecule has 3 atom stereocenters. The first kappa shape index (κ1) is 36.2. The van der Waals surface area contributed by atoms with Crippen LogP contribution in [0.25, 0.3) is 0 Å². The molecule has 1 aromatic rings. The molecule has 3 unspecified atom stereocenters. The number of aryl methyl sites for hydroxylation is 1.